The molecular weight excluding hydrogens is 780 g/mol. The van der Waals surface area contributed by atoms with Crippen molar-refractivity contribution in [2.24, 2.45) is 5.92 Å². The number of aromatic nitrogens is 3. The predicted molar refractivity (Wildman–Crippen MR) is 224 cm³/mol. The van der Waals surface area contributed by atoms with Gasteiger partial charge >= 0.3 is 6.03 Å². The molecule has 3 aliphatic rings. The van der Waals surface area contributed by atoms with Gasteiger partial charge in [0.1, 0.15) is 10.8 Å². The highest BCUT2D eigenvalue weighted by molar-refractivity contribution is 6.33. The van der Waals surface area contributed by atoms with Gasteiger partial charge in [0.15, 0.2) is 18.2 Å². The van der Waals surface area contributed by atoms with E-state index < -0.39 is 6.03 Å². The number of hydrogen-bond acceptors (Lipinski definition) is 12. The molecule has 0 saturated carbocycles. The van der Waals surface area contributed by atoms with E-state index in [0.29, 0.717) is 58.5 Å². The van der Waals surface area contributed by atoms with Crippen molar-refractivity contribution >= 4 is 69.4 Å². The minimum atomic E-state index is -0.508. The number of piperazine rings is 1. The molecule has 17 nitrogen and oxygen atoms in total. The lowest BCUT2D eigenvalue weighted by atomic mass is 9.95. The summed E-state index contributed by atoms with van der Waals surface area (Å²) in [6.45, 7) is 9.22. The highest BCUT2D eigenvalue weighted by atomic mass is 35.5. The van der Waals surface area contributed by atoms with Crippen LogP contribution in [0.25, 0.3) is 10.9 Å². The Hall–Kier alpha value is -5.94. The fourth-order valence-electron chi connectivity index (χ4n) is 7.79. The molecule has 59 heavy (non-hydrogen) atoms. The number of urea groups is 1. The number of carbonyl (C=O) groups excluding carboxylic acids is 4. The van der Waals surface area contributed by atoms with Crippen molar-refractivity contribution in [3.8, 4) is 11.5 Å². The molecule has 2 aromatic carbocycles. The van der Waals surface area contributed by atoms with Crippen LogP contribution in [0.15, 0.2) is 53.5 Å². The maximum absolute atomic E-state index is 13.5. The smallest absolute Gasteiger partial charge is 0.328 e. The van der Waals surface area contributed by atoms with Crippen molar-refractivity contribution in [3.63, 3.8) is 0 Å². The van der Waals surface area contributed by atoms with Crippen LogP contribution in [0, 0.1) is 5.92 Å². The van der Waals surface area contributed by atoms with E-state index in [1.807, 2.05) is 36.9 Å². The number of amides is 5. The van der Waals surface area contributed by atoms with Gasteiger partial charge in [-0.15, -0.1) is 0 Å². The van der Waals surface area contributed by atoms with Crippen molar-refractivity contribution in [3.05, 3.63) is 69.6 Å². The van der Waals surface area contributed by atoms with Crippen LogP contribution in [-0.4, -0.2) is 121 Å². The number of likely N-dealkylation sites (tertiary alicyclic amines) is 1. The molecule has 4 aromatic rings. The van der Waals surface area contributed by atoms with Crippen LogP contribution in [0.5, 0.6) is 11.5 Å². The number of nitrogens with one attached hydrogen (secondary N) is 3. The van der Waals surface area contributed by atoms with Gasteiger partial charge in [-0.2, -0.15) is 4.98 Å². The largest absolute Gasteiger partial charge is 0.495 e. The number of likely N-dealkylation sites (N-methyl/N-ethyl adjacent to an activating group) is 1. The zero-order valence-electron chi connectivity index (χ0n) is 33.6. The number of methoxy groups -OCH3 is 1. The number of fused-ring (bicyclic) bond motifs is 1. The van der Waals surface area contributed by atoms with E-state index in [1.165, 1.54) is 19.1 Å². The molecule has 5 heterocycles. The SMILES string of the molecule is CNC(=O)COc1cc2cc(Nc3nc(N4CCN(CC5CCN(C(=O)c6ccc(N7CCC(=O)NC7=O)c(OC)c6)CC5)CC4)ncc3Cl)ccc2n(C(C)C)c1=O. The Morgan fingerprint density at radius 3 is 2.42 bits per heavy atom. The normalized spacial score (nSPS) is 16.7. The third-order valence-electron chi connectivity index (χ3n) is 11.0. The van der Waals surface area contributed by atoms with Crippen LogP contribution in [-0.2, 0) is 9.59 Å². The van der Waals surface area contributed by atoms with Gasteiger partial charge < -0.3 is 34.5 Å². The fraction of sp³-hybridized carbons (Fsp3) is 0.439. The lowest BCUT2D eigenvalue weighted by Gasteiger charge is -2.39. The van der Waals surface area contributed by atoms with Crippen molar-refractivity contribution in [1.82, 2.24) is 35.0 Å². The number of anilines is 4. The highest BCUT2D eigenvalue weighted by Crippen LogP contribution is 2.33. The van der Waals surface area contributed by atoms with Crippen LogP contribution in [0.1, 0.15) is 49.5 Å². The van der Waals surface area contributed by atoms with Crippen LogP contribution < -0.4 is 40.8 Å². The Balaban J connectivity index is 0.927. The summed E-state index contributed by atoms with van der Waals surface area (Å²) in [5.41, 5.74) is 2.12. The molecular formula is C41H49ClN10O7. The van der Waals surface area contributed by atoms with Gasteiger partial charge in [-0.05, 0) is 75.1 Å². The van der Waals surface area contributed by atoms with E-state index in [9.17, 15) is 24.0 Å². The number of nitrogens with zero attached hydrogens (tertiary/aromatic N) is 7. The average Bonchev–Trinajstić information content (AvgIpc) is 3.23. The lowest BCUT2D eigenvalue weighted by Crippen LogP contribution is -2.49. The Morgan fingerprint density at radius 1 is 0.966 bits per heavy atom. The van der Waals surface area contributed by atoms with Crippen molar-refractivity contribution < 1.29 is 28.7 Å². The van der Waals surface area contributed by atoms with Crippen molar-refractivity contribution in [1.29, 1.82) is 0 Å². The molecule has 7 rings (SSSR count). The molecule has 0 radical (unpaired) electrons. The van der Waals surface area contributed by atoms with Crippen LogP contribution >= 0.6 is 11.6 Å². The molecule has 18 heteroatoms. The quantitative estimate of drug-likeness (QED) is 0.187. The summed E-state index contributed by atoms with van der Waals surface area (Å²) in [7, 11) is 3.00. The minimum absolute atomic E-state index is 0.0760. The molecule has 0 atom stereocenters. The van der Waals surface area contributed by atoms with Crippen LogP contribution in [0.3, 0.4) is 0 Å². The number of benzene rings is 2. The fourth-order valence-corrected chi connectivity index (χ4v) is 7.93. The summed E-state index contributed by atoms with van der Waals surface area (Å²) in [4.78, 5) is 79.8. The number of imide groups is 1. The van der Waals surface area contributed by atoms with Crippen molar-refractivity contribution in [2.45, 2.75) is 39.2 Å². The molecule has 0 aliphatic carbocycles. The van der Waals surface area contributed by atoms with Crippen LogP contribution in [0.2, 0.25) is 5.02 Å². The second-order valence-electron chi connectivity index (χ2n) is 15.2. The first kappa shape index (κ1) is 41.2. The van der Waals surface area contributed by atoms with Gasteiger partial charge in [0.25, 0.3) is 17.4 Å². The first-order valence-corrected chi connectivity index (χ1v) is 20.2. The number of rotatable bonds is 12. The maximum atomic E-state index is 13.5. The maximum Gasteiger partial charge on any atom is 0.328 e. The van der Waals surface area contributed by atoms with E-state index in [4.69, 9.17) is 26.1 Å². The second kappa shape index (κ2) is 17.9. The molecule has 3 aliphatic heterocycles. The average molecular weight is 829 g/mol. The molecule has 2 aromatic heterocycles. The summed E-state index contributed by atoms with van der Waals surface area (Å²) >= 11 is 6.58. The first-order chi connectivity index (χ1) is 28.4. The van der Waals surface area contributed by atoms with Gasteiger partial charge in [0, 0.05) is 88.5 Å². The van der Waals surface area contributed by atoms with Gasteiger partial charge in [0.05, 0.1) is 24.5 Å². The number of halogens is 1. The summed E-state index contributed by atoms with van der Waals surface area (Å²) in [5.74, 6) is 1.24. The number of pyridine rings is 1. The molecule has 0 bridgehead atoms. The number of piperidine rings is 1. The zero-order valence-corrected chi connectivity index (χ0v) is 34.4. The Labute approximate surface area is 346 Å². The second-order valence-corrected chi connectivity index (χ2v) is 15.6. The summed E-state index contributed by atoms with van der Waals surface area (Å²) < 4.78 is 12.8. The van der Waals surface area contributed by atoms with Crippen LogP contribution in [0.4, 0.5) is 27.9 Å². The molecule has 0 spiro atoms. The molecule has 3 N–H and O–H groups in total. The number of ether oxygens (including phenoxy) is 2. The van der Waals surface area contributed by atoms with E-state index in [0.717, 1.165) is 56.5 Å². The van der Waals surface area contributed by atoms with E-state index in [-0.39, 0.29) is 54.6 Å². The molecule has 3 saturated heterocycles. The predicted octanol–water partition coefficient (Wildman–Crippen LogP) is 4.02. The molecule has 0 unspecified atom stereocenters. The lowest BCUT2D eigenvalue weighted by molar-refractivity contribution is -0.122. The van der Waals surface area contributed by atoms with E-state index in [2.05, 4.69) is 30.7 Å². The Kier molecular flexibility index (Phi) is 12.5. The standard InChI is InChI=1S/C41H49ClN10O7/c1-25(2)52-31-8-6-29(19-28(31)21-34(39(52)56)59-24-36(54)43-3)45-37-30(42)22-44-40(47-37)50-17-15-48(16-18-50)23-26-9-12-49(13-10-26)38(55)27-5-7-32(33(20-27)58-4)51-14-11-35(53)46-41(51)57/h5-8,19-22,25-26H,9-18,23-24H2,1-4H3,(H,43,54)(H,44,45,47)(H,46,53,57). The third kappa shape index (κ3) is 9.20. The highest BCUT2D eigenvalue weighted by Gasteiger charge is 2.30. The summed E-state index contributed by atoms with van der Waals surface area (Å²) in [6, 6.07) is 11.7. The topological polar surface area (TPSA) is 184 Å². The number of hydrogen-bond donors (Lipinski definition) is 3. The van der Waals surface area contributed by atoms with Gasteiger partial charge in [-0.1, -0.05) is 11.6 Å². The van der Waals surface area contributed by atoms with E-state index in [1.54, 1.807) is 35.0 Å². The van der Waals surface area contributed by atoms with E-state index >= 15 is 0 Å². The summed E-state index contributed by atoms with van der Waals surface area (Å²) in [5, 5.41) is 9.24. The first-order valence-electron chi connectivity index (χ1n) is 19.8. The van der Waals surface area contributed by atoms with Gasteiger partial charge in [-0.25, -0.2) is 9.78 Å². The molecule has 3 fully saturated rings. The zero-order chi connectivity index (χ0) is 41.8. The Morgan fingerprint density at radius 2 is 1.73 bits per heavy atom. The molecule has 5 amide bonds. The monoisotopic (exact) mass is 828 g/mol. The third-order valence-corrected chi connectivity index (χ3v) is 11.3. The van der Waals surface area contributed by atoms with Gasteiger partial charge in [-0.3, -0.25) is 34.3 Å². The summed E-state index contributed by atoms with van der Waals surface area (Å²) in [6.07, 6.45) is 3.58. The molecule has 312 valence electrons. The minimum Gasteiger partial charge on any atom is -0.495 e. The Bertz CT molecular complexity index is 2300. The number of carbonyl (C=O) groups is 4. The van der Waals surface area contributed by atoms with Crippen molar-refractivity contribution in [2.75, 3.05) is 88.2 Å². The van der Waals surface area contributed by atoms with Gasteiger partial charge in [0.2, 0.25) is 11.9 Å².